The van der Waals surface area contributed by atoms with Gasteiger partial charge in [0.1, 0.15) is 5.75 Å². The van der Waals surface area contributed by atoms with Gasteiger partial charge in [-0.2, -0.15) is 0 Å². The number of aromatic nitrogens is 1. The highest BCUT2D eigenvalue weighted by atomic mass is 32.2. The van der Waals surface area contributed by atoms with E-state index in [-0.39, 0.29) is 4.90 Å². The second-order valence-corrected chi connectivity index (χ2v) is 7.35. The molecule has 0 amide bonds. The fourth-order valence-corrected chi connectivity index (χ4v) is 3.68. The minimum Gasteiger partial charge on any atom is -0.496 e. The van der Waals surface area contributed by atoms with Gasteiger partial charge in [0.2, 0.25) is 10.0 Å². The van der Waals surface area contributed by atoms with Crippen molar-refractivity contribution in [3.05, 3.63) is 72.4 Å². The van der Waals surface area contributed by atoms with Crippen molar-refractivity contribution in [3.63, 3.8) is 0 Å². The first kappa shape index (κ1) is 17.3. The van der Waals surface area contributed by atoms with Crippen molar-refractivity contribution in [3.8, 4) is 17.0 Å². The van der Waals surface area contributed by atoms with E-state index in [1.807, 2.05) is 42.5 Å². The Morgan fingerprint density at radius 2 is 1.84 bits per heavy atom. The molecule has 1 heterocycles. The maximum absolute atomic E-state index is 12.6. The van der Waals surface area contributed by atoms with Gasteiger partial charge in [-0.25, -0.2) is 13.1 Å². The number of nitrogens with one attached hydrogen (secondary N) is 2. The number of benzene rings is 2. The molecule has 6 heteroatoms. The van der Waals surface area contributed by atoms with Crippen molar-refractivity contribution in [1.82, 2.24) is 9.71 Å². The summed E-state index contributed by atoms with van der Waals surface area (Å²) in [5, 5.41) is 0. The SMILES string of the molecule is COc1ccc(S(=O)(=O)NCCc2ccccc2)cc1-c1ccc[nH]1. The van der Waals surface area contributed by atoms with Gasteiger partial charge in [0.05, 0.1) is 12.0 Å². The number of hydrogen-bond donors (Lipinski definition) is 2. The summed E-state index contributed by atoms with van der Waals surface area (Å²) < 4.78 is 33.2. The monoisotopic (exact) mass is 356 g/mol. The van der Waals surface area contributed by atoms with Crippen LogP contribution in [0, 0.1) is 0 Å². The summed E-state index contributed by atoms with van der Waals surface area (Å²) in [6.07, 6.45) is 2.42. The van der Waals surface area contributed by atoms with Crippen molar-refractivity contribution >= 4 is 10.0 Å². The molecule has 0 aliphatic heterocycles. The van der Waals surface area contributed by atoms with Gasteiger partial charge in [0.25, 0.3) is 0 Å². The molecule has 0 atom stereocenters. The van der Waals surface area contributed by atoms with Crippen LogP contribution in [0.25, 0.3) is 11.3 Å². The van der Waals surface area contributed by atoms with Gasteiger partial charge in [-0.15, -0.1) is 0 Å². The molecule has 2 aromatic carbocycles. The van der Waals surface area contributed by atoms with E-state index < -0.39 is 10.0 Å². The topological polar surface area (TPSA) is 71.2 Å². The Hall–Kier alpha value is -2.57. The first-order valence-electron chi connectivity index (χ1n) is 7.95. The zero-order valence-electron chi connectivity index (χ0n) is 13.9. The molecule has 0 unspecified atom stereocenters. The number of H-pyrrole nitrogens is 1. The molecule has 1 aromatic heterocycles. The Morgan fingerprint density at radius 3 is 2.52 bits per heavy atom. The summed E-state index contributed by atoms with van der Waals surface area (Å²) in [5.74, 6) is 0.616. The minimum atomic E-state index is -3.59. The fourth-order valence-electron chi connectivity index (χ4n) is 2.62. The first-order valence-corrected chi connectivity index (χ1v) is 9.44. The first-order chi connectivity index (χ1) is 12.1. The van der Waals surface area contributed by atoms with Crippen molar-refractivity contribution in [2.75, 3.05) is 13.7 Å². The number of methoxy groups -OCH3 is 1. The van der Waals surface area contributed by atoms with E-state index in [0.717, 1.165) is 11.3 Å². The van der Waals surface area contributed by atoms with Gasteiger partial charge < -0.3 is 9.72 Å². The standard InChI is InChI=1S/C19H20N2O3S/c1-24-19-10-9-16(14-17(19)18-8-5-12-20-18)25(22,23)21-13-11-15-6-3-2-4-7-15/h2-10,12,14,20-21H,11,13H2,1H3. The third-order valence-corrected chi connectivity index (χ3v) is 5.38. The molecule has 2 N–H and O–H groups in total. The molecule has 0 bridgehead atoms. The number of aromatic amines is 1. The highest BCUT2D eigenvalue weighted by molar-refractivity contribution is 7.89. The van der Waals surface area contributed by atoms with Crippen LogP contribution < -0.4 is 9.46 Å². The number of ether oxygens (including phenoxy) is 1. The second-order valence-electron chi connectivity index (χ2n) is 5.58. The van der Waals surface area contributed by atoms with Crippen LogP contribution in [-0.2, 0) is 16.4 Å². The maximum Gasteiger partial charge on any atom is 0.240 e. The van der Waals surface area contributed by atoms with Crippen LogP contribution in [0.1, 0.15) is 5.56 Å². The highest BCUT2D eigenvalue weighted by Gasteiger charge is 2.17. The summed E-state index contributed by atoms with van der Waals surface area (Å²) in [4.78, 5) is 3.29. The predicted octanol–water partition coefficient (Wildman–Crippen LogP) is 3.21. The predicted molar refractivity (Wildman–Crippen MR) is 98.1 cm³/mol. The van der Waals surface area contributed by atoms with Crippen LogP contribution >= 0.6 is 0 Å². The summed E-state index contributed by atoms with van der Waals surface area (Å²) in [5.41, 5.74) is 2.60. The summed E-state index contributed by atoms with van der Waals surface area (Å²) >= 11 is 0. The molecule has 5 nitrogen and oxygen atoms in total. The summed E-state index contributed by atoms with van der Waals surface area (Å²) in [6.45, 7) is 0.343. The quantitative estimate of drug-likeness (QED) is 0.683. The largest absolute Gasteiger partial charge is 0.496 e. The zero-order chi connectivity index (χ0) is 17.7. The number of sulfonamides is 1. The van der Waals surface area contributed by atoms with E-state index >= 15 is 0 Å². The second kappa shape index (κ2) is 7.55. The molecular weight excluding hydrogens is 336 g/mol. The molecule has 0 aliphatic rings. The van der Waals surface area contributed by atoms with E-state index in [2.05, 4.69) is 9.71 Å². The molecule has 3 aromatic rings. The van der Waals surface area contributed by atoms with Crippen LogP contribution in [0.4, 0.5) is 0 Å². The van der Waals surface area contributed by atoms with E-state index in [4.69, 9.17) is 4.74 Å². The number of hydrogen-bond acceptors (Lipinski definition) is 3. The Kier molecular flexibility index (Phi) is 5.21. The van der Waals surface area contributed by atoms with Crippen LogP contribution in [0.2, 0.25) is 0 Å². The minimum absolute atomic E-state index is 0.214. The van der Waals surface area contributed by atoms with Crippen LogP contribution in [-0.4, -0.2) is 27.1 Å². The van der Waals surface area contributed by atoms with Gasteiger partial charge in [0.15, 0.2) is 0 Å². The Balaban J connectivity index is 1.79. The lowest BCUT2D eigenvalue weighted by molar-refractivity contribution is 0.416. The van der Waals surface area contributed by atoms with Crippen LogP contribution in [0.3, 0.4) is 0 Å². The average Bonchev–Trinajstić information content (AvgIpc) is 3.16. The van der Waals surface area contributed by atoms with Gasteiger partial charge in [-0.1, -0.05) is 30.3 Å². The number of rotatable bonds is 7. The van der Waals surface area contributed by atoms with E-state index in [0.29, 0.717) is 24.3 Å². The van der Waals surface area contributed by atoms with Crippen molar-refractivity contribution in [1.29, 1.82) is 0 Å². The lowest BCUT2D eigenvalue weighted by Gasteiger charge is -2.11. The third-order valence-electron chi connectivity index (χ3n) is 3.92. The third kappa shape index (κ3) is 4.10. The molecular formula is C19H20N2O3S. The summed E-state index contributed by atoms with van der Waals surface area (Å²) in [6, 6.07) is 18.3. The normalized spacial score (nSPS) is 11.4. The highest BCUT2D eigenvalue weighted by Crippen LogP contribution is 2.31. The molecule has 0 fully saturated rings. The van der Waals surface area contributed by atoms with Crippen molar-refractivity contribution < 1.29 is 13.2 Å². The van der Waals surface area contributed by atoms with E-state index in [1.54, 1.807) is 31.5 Å². The van der Waals surface area contributed by atoms with Crippen LogP contribution in [0.15, 0.2) is 71.8 Å². The maximum atomic E-state index is 12.6. The Morgan fingerprint density at radius 1 is 1.04 bits per heavy atom. The van der Waals surface area contributed by atoms with Crippen molar-refractivity contribution in [2.24, 2.45) is 0 Å². The van der Waals surface area contributed by atoms with Gasteiger partial charge in [-0.3, -0.25) is 0 Å². The average molecular weight is 356 g/mol. The van der Waals surface area contributed by atoms with Gasteiger partial charge in [-0.05, 0) is 42.3 Å². The zero-order valence-corrected chi connectivity index (χ0v) is 14.7. The molecule has 0 saturated heterocycles. The Labute approximate surface area is 147 Å². The molecule has 130 valence electrons. The molecule has 0 aliphatic carbocycles. The van der Waals surface area contributed by atoms with E-state index in [1.165, 1.54) is 0 Å². The van der Waals surface area contributed by atoms with Gasteiger partial charge in [0, 0.05) is 24.0 Å². The van der Waals surface area contributed by atoms with E-state index in [9.17, 15) is 8.42 Å². The molecule has 0 spiro atoms. The van der Waals surface area contributed by atoms with Crippen LogP contribution in [0.5, 0.6) is 5.75 Å². The summed E-state index contributed by atoms with van der Waals surface area (Å²) in [7, 11) is -2.02. The fraction of sp³-hybridized carbons (Fsp3) is 0.158. The molecule has 0 saturated carbocycles. The molecule has 0 radical (unpaired) electrons. The van der Waals surface area contributed by atoms with Gasteiger partial charge >= 0.3 is 0 Å². The molecule has 3 rings (SSSR count). The lowest BCUT2D eigenvalue weighted by Crippen LogP contribution is -2.26. The smallest absolute Gasteiger partial charge is 0.240 e. The van der Waals surface area contributed by atoms with Crippen molar-refractivity contribution in [2.45, 2.75) is 11.3 Å². The molecule has 25 heavy (non-hydrogen) atoms. The Bertz CT molecular complexity index is 921. The lowest BCUT2D eigenvalue weighted by atomic mass is 10.1.